The Balaban J connectivity index is 1.88. The Morgan fingerprint density at radius 2 is 1.96 bits per heavy atom. The second-order valence-corrected chi connectivity index (χ2v) is 5.71. The monoisotopic (exact) mass is 338 g/mol. The van der Waals surface area contributed by atoms with Gasteiger partial charge < -0.3 is 20.1 Å². The highest BCUT2D eigenvalue weighted by molar-refractivity contribution is 5.95. The number of ether oxygens (including phenoxy) is 1. The molecule has 0 aliphatic carbocycles. The van der Waals surface area contributed by atoms with Gasteiger partial charge in [-0.2, -0.15) is 0 Å². The van der Waals surface area contributed by atoms with Gasteiger partial charge in [0.25, 0.3) is 5.91 Å². The van der Waals surface area contributed by atoms with E-state index in [4.69, 9.17) is 4.74 Å². The normalized spacial score (nSPS) is 11.9. The number of hydrogen-bond acceptors (Lipinski definition) is 4. The summed E-state index contributed by atoms with van der Waals surface area (Å²) >= 11 is 0. The van der Waals surface area contributed by atoms with Crippen molar-refractivity contribution in [2.45, 2.75) is 13.0 Å². The summed E-state index contributed by atoms with van der Waals surface area (Å²) in [6.45, 7) is 1.74. The third kappa shape index (κ3) is 3.33. The molecule has 1 aromatic heterocycles. The molecule has 25 heavy (non-hydrogen) atoms. The second kappa shape index (κ2) is 6.68. The van der Waals surface area contributed by atoms with Crippen LogP contribution in [0.25, 0.3) is 10.9 Å². The molecule has 6 heteroatoms. The average molecular weight is 338 g/mol. The molecule has 128 valence electrons. The Kier molecular flexibility index (Phi) is 4.43. The van der Waals surface area contributed by atoms with Crippen LogP contribution in [0.4, 0.5) is 0 Å². The molecule has 0 radical (unpaired) electrons. The zero-order chi connectivity index (χ0) is 18.0. The molecule has 0 aliphatic rings. The number of phenolic OH excluding ortho intramolecular Hbond substituents is 1. The second-order valence-electron chi connectivity index (χ2n) is 5.71. The first kappa shape index (κ1) is 16.6. The van der Waals surface area contributed by atoms with E-state index in [1.54, 1.807) is 43.3 Å². The van der Waals surface area contributed by atoms with Crippen LogP contribution in [-0.4, -0.2) is 23.1 Å². The first-order chi connectivity index (χ1) is 12.0. The number of carbonyl (C=O) groups is 1. The molecule has 2 aromatic carbocycles. The molecule has 0 saturated heterocycles. The Morgan fingerprint density at radius 1 is 1.20 bits per heavy atom. The van der Waals surface area contributed by atoms with E-state index < -0.39 is 11.9 Å². The van der Waals surface area contributed by atoms with E-state index >= 15 is 0 Å². The minimum Gasteiger partial charge on any atom is -0.508 e. The fourth-order valence-corrected chi connectivity index (χ4v) is 2.68. The van der Waals surface area contributed by atoms with Gasteiger partial charge in [0.15, 0.2) is 5.43 Å². The summed E-state index contributed by atoms with van der Waals surface area (Å²) in [5.41, 5.74) is 1.06. The molecule has 3 rings (SSSR count). The SMILES string of the molecule is COc1ccc(O)c(C(C)NC(=O)c2cc(=O)c3ccccc3[nH]2)c1. The molecule has 0 spiro atoms. The molecular weight excluding hydrogens is 320 g/mol. The lowest BCUT2D eigenvalue weighted by molar-refractivity contribution is 0.0934. The first-order valence-corrected chi connectivity index (χ1v) is 7.79. The molecule has 3 N–H and O–H groups in total. The predicted molar refractivity (Wildman–Crippen MR) is 95.1 cm³/mol. The smallest absolute Gasteiger partial charge is 0.268 e. The standard InChI is InChI=1S/C19H18N2O4/c1-11(14-9-12(25-2)7-8-17(14)22)20-19(24)16-10-18(23)13-5-3-4-6-15(13)21-16/h3-11,22H,1-2H3,(H,20,24)(H,21,23). The summed E-state index contributed by atoms with van der Waals surface area (Å²) in [6.07, 6.45) is 0. The van der Waals surface area contributed by atoms with Crippen molar-refractivity contribution >= 4 is 16.8 Å². The number of para-hydroxylation sites is 1. The van der Waals surface area contributed by atoms with E-state index in [2.05, 4.69) is 10.3 Å². The van der Waals surface area contributed by atoms with E-state index in [0.29, 0.717) is 22.2 Å². The molecule has 1 amide bonds. The number of pyridine rings is 1. The fraction of sp³-hybridized carbons (Fsp3) is 0.158. The summed E-state index contributed by atoms with van der Waals surface area (Å²) in [4.78, 5) is 27.6. The molecule has 0 fully saturated rings. The van der Waals surface area contributed by atoms with Crippen LogP contribution in [0, 0.1) is 0 Å². The van der Waals surface area contributed by atoms with Crippen molar-refractivity contribution in [1.82, 2.24) is 10.3 Å². The van der Waals surface area contributed by atoms with Crippen molar-refractivity contribution in [3.63, 3.8) is 0 Å². The number of aromatic hydroxyl groups is 1. The number of nitrogens with one attached hydrogen (secondary N) is 2. The largest absolute Gasteiger partial charge is 0.508 e. The number of methoxy groups -OCH3 is 1. The molecule has 3 aromatic rings. The van der Waals surface area contributed by atoms with Gasteiger partial charge in [0.05, 0.1) is 13.2 Å². The lowest BCUT2D eigenvalue weighted by atomic mass is 10.1. The van der Waals surface area contributed by atoms with Gasteiger partial charge in [-0.05, 0) is 37.3 Å². The highest BCUT2D eigenvalue weighted by atomic mass is 16.5. The summed E-state index contributed by atoms with van der Waals surface area (Å²) in [6, 6.07) is 12.6. The Bertz CT molecular complexity index is 994. The van der Waals surface area contributed by atoms with Crippen molar-refractivity contribution in [3.8, 4) is 11.5 Å². The van der Waals surface area contributed by atoms with Gasteiger partial charge in [-0.25, -0.2) is 0 Å². The predicted octanol–water partition coefficient (Wildman–Crippen LogP) is 2.73. The Hall–Kier alpha value is -3.28. The fourth-order valence-electron chi connectivity index (χ4n) is 2.68. The van der Waals surface area contributed by atoms with E-state index in [0.717, 1.165) is 0 Å². The number of aromatic nitrogens is 1. The maximum Gasteiger partial charge on any atom is 0.268 e. The molecule has 0 saturated carbocycles. The topological polar surface area (TPSA) is 91.4 Å². The van der Waals surface area contributed by atoms with E-state index in [9.17, 15) is 14.7 Å². The number of carbonyl (C=O) groups excluding carboxylic acids is 1. The molecule has 0 aliphatic heterocycles. The third-order valence-corrected chi connectivity index (χ3v) is 4.03. The van der Waals surface area contributed by atoms with Gasteiger partial charge in [0.2, 0.25) is 0 Å². The van der Waals surface area contributed by atoms with Crippen molar-refractivity contribution in [2.24, 2.45) is 0 Å². The van der Waals surface area contributed by atoms with Crippen LogP contribution in [0.5, 0.6) is 11.5 Å². The number of fused-ring (bicyclic) bond motifs is 1. The van der Waals surface area contributed by atoms with Gasteiger partial charge in [0, 0.05) is 22.5 Å². The number of benzene rings is 2. The van der Waals surface area contributed by atoms with Crippen LogP contribution < -0.4 is 15.5 Å². The zero-order valence-corrected chi connectivity index (χ0v) is 13.9. The third-order valence-electron chi connectivity index (χ3n) is 4.03. The zero-order valence-electron chi connectivity index (χ0n) is 13.9. The lowest BCUT2D eigenvalue weighted by Crippen LogP contribution is -2.28. The highest BCUT2D eigenvalue weighted by Crippen LogP contribution is 2.28. The van der Waals surface area contributed by atoms with E-state index in [1.807, 2.05) is 0 Å². The van der Waals surface area contributed by atoms with Gasteiger partial charge in [-0.3, -0.25) is 9.59 Å². The van der Waals surface area contributed by atoms with Crippen LogP contribution >= 0.6 is 0 Å². The summed E-state index contributed by atoms with van der Waals surface area (Å²) in [5.74, 6) is 0.200. The van der Waals surface area contributed by atoms with Crippen LogP contribution in [-0.2, 0) is 0 Å². The van der Waals surface area contributed by atoms with Crippen LogP contribution in [0.3, 0.4) is 0 Å². The van der Waals surface area contributed by atoms with Crippen molar-refractivity contribution in [2.75, 3.05) is 7.11 Å². The summed E-state index contributed by atoms with van der Waals surface area (Å²) < 4.78 is 5.14. The number of aromatic amines is 1. The minimum absolute atomic E-state index is 0.0561. The molecular formula is C19H18N2O4. The van der Waals surface area contributed by atoms with Gasteiger partial charge in [0.1, 0.15) is 17.2 Å². The van der Waals surface area contributed by atoms with E-state index in [-0.39, 0.29) is 16.9 Å². The van der Waals surface area contributed by atoms with Crippen LogP contribution in [0.1, 0.15) is 29.0 Å². The van der Waals surface area contributed by atoms with Crippen molar-refractivity contribution in [3.05, 3.63) is 70.0 Å². The summed E-state index contributed by atoms with van der Waals surface area (Å²) in [7, 11) is 1.53. The van der Waals surface area contributed by atoms with E-state index in [1.165, 1.54) is 19.2 Å². The number of rotatable bonds is 4. The number of phenols is 1. The number of H-pyrrole nitrogens is 1. The van der Waals surface area contributed by atoms with Gasteiger partial charge in [-0.15, -0.1) is 0 Å². The maximum atomic E-state index is 12.5. The number of amides is 1. The molecule has 6 nitrogen and oxygen atoms in total. The minimum atomic E-state index is -0.474. The van der Waals surface area contributed by atoms with Crippen molar-refractivity contribution < 1.29 is 14.6 Å². The van der Waals surface area contributed by atoms with Gasteiger partial charge in [-0.1, -0.05) is 12.1 Å². The van der Waals surface area contributed by atoms with Crippen molar-refractivity contribution in [1.29, 1.82) is 0 Å². The molecule has 1 heterocycles. The highest BCUT2D eigenvalue weighted by Gasteiger charge is 2.16. The average Bonchev–Trinajstić information content (AvgIpc) is 2.62. The molecule has 1 unspecified atom stereocenters. The van der Waals surface area contributed by atoms with Crippen LogP contribution in [0.2, 0.25) is 0 Å². The maximum absolute atomic E-state index is 12.5. The quantitative estimate of drug-likeness (QED) is 0.682. The Labute approximate surface area is 144 Å². The lowest BCUT2D eigenvalue weighted by Gasteiger charge is -2.16. The van der Waals surface area contributed by atoms with Gasteiger partial charge >= 0.3 is 0 Å². The van der Waals surface area contributed by atoms with Crippen LogP contribution in [0.15, 0.2) is 53.3 Å². The summed E-state index contributed by atoms with van der Waals surface area (Å²) in [5, 5.41) is 13.3. The number of hydrogen-bond donors (Lipinski definition) is 3. The molecule has 0 bridgehead atoms. The first-order valence-electron chi connectivity index (χ1n) is 7.79. The Morgan fingerprint density at radius 3 is 2.72 bits per heavy atom. The molecule has 1 atom stereocenters.